The predicted octanol–water partition coefficient (Wildman–Crippen LogP) is 2.45. The van der Waals surface area contributed by atoms with E-state index < -0.39 is 18.1 Å². The molecular weight excluding hydrogens is 326 g/mol. The van der Waals surface area contributed by atoms with E-state index in [2.05, 4.69) is 32.6 Å². The molecule has 0 radical (unpaired) electrons. The average Bonchev–Trinajstić information content (AvgIpc) is 2.45. The largest absolute Gasteiger partial charge is 0.467 e. The van der Waals surface area contributed by atoms with Gasteiger partial charge in [0.25, 0.3) is 0 Å². The first-order chi connectivity index (χ1) is 9.56. The van der Waals surface area contributed by atoms with Gasteiger partial charge in [0.05, 0.1) is 7.11 Å². The Morgan fingerprint density at radius 3 is 2.60 bits per heavy atom. The maximum absolute atomic E-state index is 11.7. The van der Waals surface area contributed by atoms with Crippen molar-refractivity contribution in [1.29, 1.82) is 0 Å². The maximum Gasteiger partial charge on any atom is 0.408 e. The highest BCUT2D eigenvalue weighted by atomic mass is 79.9. The van der Waals surface area contributed by atoms with Crippen molar-refractivity contribution in [3.05, 3.63) is 47.0 Å². The van der Waals surface area contributed by atoms with Gasteiger partial charge in [-0.3, -0.25) is 0 Å². The second-order valence-electron chi connectivity index (χ2n) is 3.94. The molecule has 1 N–H and O–H groups in total. The fourth-order valence-electron chi connectivity index (χ4n) is 1.51. The minimum Gasteiger partial charge on any atom is -0.467 e. The summed E-state index contributed by atoms with van der Waals surface area (Å²) < 4.78 is 10.4. The summed E-state index contributed by atoms with van der Waals surface area (Å²) in [5.41, 5.74) is 0.896. The van der Waals surface area contributed by atoms with Crippen molar-refractivity contribution < 1.29 is 19.1 Å². The number of nitrogens with one attached hydrogen (secondary N) is 1. The normalized spacial score (nSPS) is 11.3. The van der Waals surface area contributed by atoms with Crippen molar-refractivity contribution in [2.75, 3.05) is 13.7 Å². The first-order valence-electron chi connectivity index (χ1n) is 5.93. The molecule has 20 heavy (non-hydrogen) atoms. The Labute approximate surface area is 126 Å². The van der Waals surface area contributed by atoms with Gasteiger partial charge in [0.2, 0.25) is 0 Å². The van der Waals surface area contributed by atoms with Crippen LogP contribution in [0.2, 0.25) is 0 Å². The lowest BCUT2D eigenvalue weighted by Gasteiger charge is -2.16. The van der Waals surface area contributed by atoms with Gasteiger partial charge in [0, 0.05) is 10.9 Å². The molecule has 0 unspecified atom stereocenters. The molecule has 1 amide bonds. The van der Waals surface area contributed by atoms with Crippen molar-refractivity contribution >= 4 is 28.0 Å². The van der Waals surface area contributed by atoms with Crippen molar-refractivity contribution in [3.63, 3.8) is 0 Å². The summed E-state index contributed by atoms with van der Waals surface area (Å²) in [5.74, 6) is -0.525. The summed E-state index contributed by atoms with van der Waals surface area (Å²) >= 11 is 3.33. The SMILES string of the molecule is C=CCOC(=O)N[C@@H](Cc1ccc(Br)cc1)C(=O)OC. The van der Waals surface area contributed by atoms with Crippen LogP contribution in [0.4, 0.5) is 4.79 Å². The Bertz CT molecular complexity index is 473. The summed E-state index contributed by atoms with van der Waals surface area (Å²) in [6, 6.07) is 6.64. The molecule has 0 bridgehead atoms. The van der Waals surface area contributed by atoms with Crippen LogP contribution in [0.5, 0.6) is 0 Å². The van der Waals surface area contributed by atoms with Gasteiger partial charge >= 0.3 is 12.1 Å². The summed E-state index contributed by atoms with van der Waals surface area (Å²) in [6.45, 7) is 3.52. The fraction of sp³-hybridized carbons (Fsp3) is 0.286. The lowest BCUT2D eigenvalue weighted by molar-refractivity contribution is -0.142. The quantitative estimate of drug-likeness (QED) is 0.637. The number of hydrogen-bond acceptors (Lipinski definition) is 4. The molecular formula is C14H16BrNO4. The van der Waals surface area contributed by atoms with Crippen LogP contribution >= 0.6 is 15.9 Å². The van der Waals surface area contributed by atoms with Crippen LogP contribution in [0.1, 0.15) is 5.56 Å². The third-order valence-corrected chi connectivity index (χ3v) is 2.99. The van der Waals surface area contributed by atoms with E-state index in [0.29, 0.717) is 6.42 Å². The number of amides is 1. The minimum absolute atomic E-state index is 0.0814. The number of hydrogen-bond donors (Lipinski definition) is 1. The third-order valence-electron chi connectivity index (χ3n) is 2.46. The van der Waals surface area contributed by atoms with Crippen molar-refractivity contribution in [2.45, 2.75) is 12.5 Å². The van der Waals surface area contributed by atoms with E-state index >= 15 is 0 Å². The van der Waals surface area contributed by atoms with Crippen LogP contribution in [0, 0.1) is 0 Å². The smallest absolute Gasteiger partial charge is 0.408 e. The predicted molar refractivity (Wildman–Crippen MR) is 78.3 cm³/mol. The zero-order valence-corrected chi connectivity index (χ0v) is 12.7. The van der Waals surface area contributed by atoms with E-state index in [1.165, 1.54) is 13.2 Å². The molecule has 1 aromatic carbocycles. The molecule has 0 aromatic heterocycles. The second kappa shape index (κ2) is 8.37. The molecule has 0 spiro atoms. The number of carbonyl (C=O) groups excluding carboxylic acids is 2. The van der Waals surface area contributed by atoms with Gasteiger partial charge in [-0.25, -0.2) is 9.59 Å². The molecule has 0 aliphatic rings. The molecule has 1 rings (SSSR count). The van der Waals surface area contributed by atoms with E-state index in [1.807, 2.05) is 24.3 Å². The Morgan fingerprint density at radius 2 is 2.05 bits per heavy atom. The van der Waals surface area contributed by atoms with E-state index in [1.54, 1.807) is 0 Å². The number of carbonyl (C=O) groups is 2. The maximum atomic E-state index is 11.7. The highest BCUT2D eigenvalue weighted by Crippen LogP contribution is 2.12. The summed E-state index contributed by atoms with van der Waals surface area (Å²) in [5, 5.41) is 2.47. The fourth-order valence-corrected chi connectivity index (χ4v) is 1.77. The number of rotatable bonds is 6. The molecule has 0 saturated carbocycles. The Kier molecular flexibility index (Phi) is 6.79. The summed E-state index contributed by atoms with van der Waals surface area (Å²) in [6.07, 6.45) is 1.09. The van der Waals surface area contributed by atoms with Gasteiger partial charge in [-0.1, -0.05) is 40.7 Å². The van der Waals surface area contributed by atoms with Crippen molar-refractivity contribution in [3.8, 4) is 0 Å². The van der Waals surface area contributed by atoms with Crippen molar-refractivity contribution in [1.82, 2.24) is 5.32 Å². The molecule has 1 aromatic rings. The first-order valence-corrected chi connectivity index (χ1v) is 6.72. The highest BCUT2D eigenvalue weighted by molar-refractivity contribution is 9.10. The van der Waals surface area contributed by atoms with E-state index in [-0.39, 0.29) is 6.61 Å². The van der Waals surface area contributed by atoms with Gasteiger partial charge in [-0.05, 0) is 17.7 Å². The number of alkyl carbamates (subject to hydrolysis) is 1. The van der Waals surface area contributed by atoms with Crippen LogP contribution in [0.25, 0.3) is 0 Å². The lowest BCUT2D eigenvalue weighted by Crippen LogP contribution is -2.43. The van der Waals surface area contributed by atoms with E-state index in [0.717, 1.165) is 10.0 Å². The lowest BCUT2D eigenvalue weighted by atomic mass is 10.1. The zero-order valence-electron chi connectivity index (χ0n) is 11.1. The Balaban J connectivity index is 2.69. The number of ether oxygens (including phenoxy) is 2. The third kappa shape index (κ3) is 5.44. The molecule has 0 aliphatic heterocycles. The number of methoxy groups -OCH3 is 1. The van der Waals surface area contributed by atoms with Gasteiger partial charge in [-0.15, -0.1) is 0 Å². The van der Waals surface area contributed by atoms with E-state index in [4.69, 9.17) is 4.74 Å². The molecule has 0 fully saturated rings. The zero-order chi connectivity index (χ0) is 15.0. The van der Waals surface area contributed by atoms with Crippen LogP contribution in [0.3, 0.4) is 0 Å². The number of halogens is 1. The summed E-state index contributed by atoms with van der Waals surface area (Å²) in [4.78, 5) is 23.2. The van der Waals surface area contributed by atoms with E-state index in [9.17, 15) is 9.59 Å². The van der Waals surface area contributed by atoms with Gasteiger partial charge in [0.1, 0.15) is 12.6 Å². The Hall–Kier alpha value is -1.82. The Morgan fingerprint density at radius 1 is 1.40 bits per heavy atom. The molecule has 5 nitrogen and oxygen atoms in total. The topological polar surface area (TPSA) is 64.6 Å². The van der Waals surface area contributed by atoms with Crippen molar-refractivity contribution in [2.24, 2.45) is 0 Å². The monoisotopic (exact) mass is 341 g/mol. The average molecular weight is 342 g/mol. The summed E-state index contributed by atoms with van der Waals surface area (Å²) in [7, 11) is 1.27. The minimum atomic E-state index is -0.793. The van der Waals surface area contributed by atoms with Gasteiger partial charge in [-0.2, -0.15) is 0 Å². The number of benzene rings is 1. The standard InChI is InChI=1S/C14H16BrNO4/c1-3-8-20-14(18)16-12(13(17)19-2)9-10-4-6-11(15)7-5-10/h3-7,12H,1,8-9H2,2H3,(H,16,18)/t12-/m0/s1. The highest BCUT2D eigenvalue weighted by Gasteiger charge is 2.22. The molecule has 6 heteroatoms. The number of esters is 1. The van der Waals surface area contributed by atoms with Crippen LogP contribution in [-0.4, -0.2) is 31.8 Å². The van der Waals surface area contributed by atoms with Gasteiger partial charge < -0.3 is 14.8 Å². The van der Waals surface area contributed by atoms with Crippen LogP contribution < -0.4 is 5.32 Å². The molecule has 108 valence electrons. The molecule has 0 saturated heterocycles. The molecule has 0 aliphatic carbocycles. The molecule has 1 atom stereocenters. The van der Waals surface area contributed by atoms with Crippen LogP contribution in [0.15, 0.2) is 41.4 Å². The van der Waals surface area contributed by atoms with Gasteiger partial charge in [0.15, 0.2) is 0 Å². The first kappa shape index (κ1) is 16.2. The van der Waals surface area contributed by atoms with Crippen LogP contribution in [-0.2, 0) is 20.7 Å². The molecule has 0 heterocycles. The second-order valence-corrected chi connectivity index (χ2v) is 4.85.